The second-order valence-electron chi connectivity index (χ2n) is 3.06. The molecule has 5 nitrogen and oxygen atoms in total. The van der Waals surface area contributed by atoms with Gasteiger partial charge >= 0.3 is 0 Å². The summed E-state index contributed by atoms with van der Waals surface area (Å²) in [5.74, 6) is -0.325. The van der Waals surface area contributed by atoms with Crippen LogP contribution in [-0.4, -0.2) is 16.7 Å². The van der Waals surface area contributed by atoms with Gasteiger partial charge in [0.25, 0.3) is 11.5 Å². The van der Waals surface area contributed by atoms with Gasteiger partial charge < -0.3 is 9.84 Å². The topological polar surface area (TPSA) is 64.2 Å². The van der Waals surface area contributed by atoms with E-state index in [1.54, 1.807) is 0 Å². The minimum absolute atomic E-state index is 0.0259. The van der Waals surface area contributed by atoms with Gasteiger partial charge in [-0.05, 0) is 13.8 Å². The Morgan fingerprint density at radius 2 is 2.23 bits per heavy atom. The third-order valence-corrected chi connectivity index (χ3v) is 1.44. The fraction of sp³-hybridized carbons (Fsp3) is 0.500. The molecule has 0 atom stereocenters. The van der Waals surface area contributed by atoms with Crippen LogP contribution in [0.25, 0.3) is 0 Å². The average molecular weight is 184 g/mol. The second kappa shape index (κ2) is 3.47. The summed E-state index contributed by atoms with van der Waals surface area (Å²) >= 11 is 0. The van der Waals surface area contributed by atoms with Crippen LogP contribution in [0.1, 0.15) is 24.4 Å². The number of aromatic nitrogens is 1. The Balaban J connectivity index is 2.84. The van der Waals surface area contributed by atoms with Gasteiger partial charge in [-0.15, -0.1) is 0 Å². The van der Waals surface area contributed by atoms with Crippen LogP contribution in [0.3, 0.4) is 0 Å². The molecule has 0 bridgehead atoms. The monoisotopic (exact) mass is 184 g/mol. The van der Waals surface area contributed by atoms with Crippen LogP contribution in [0.5, 0.6) is 0 Å². The number of rotatable bonds is 2. The third-order valence-electron chi connectivity index (χ3n) is 1.44. The van der Waals surface area contributed by atoms with Crippen molar-refractivity contribution in [2.75, 3.05) is 0 Å². The van der Waals surface area contributed by atoms with E-state index in [0.717, 1.165) is 10.8 Å². The van der Waals surface area contributed by atoms with Crippen LogP contribution in [0.2, 0.25) is 0 Å². The van der Waals surface area contributed by atoms with Gasteiger partial charge in [0.15, 0.2) is 0 Å². The lowest BCUT2D eigenvalue weighted by molar-refractivity contribution is 0.0892. The van der Waals surface area contributed by atoms with Crippen molar-refractivity contribution >= 4 is 5.91 Å². The molecular weight excluding hydrogens is 172 g/mol. The number of hydrogen-bond acceptors (Lipinski definition) is 3. The molecule has 1 aromatic rings. The third kappa shape index (κ3) is 2.21. The van der Waals surface area contributed by atoms with Crippen molar-refractivity contribution in [1.29, 1.82) is 0 Å². The average Bonchev–Trinajstić information content (AvgIpc) is 2.31. The van der Waals surface area contributed by atoms with Crippen LogP contribution in [-0.2, 0) is 7.05 Å². The molecule has 0 aromatic carbocycles. The molecule has 0 fully saturated rings. The largest absolute Gasteiger partial charge is 0.371 e. The number of carbonyl (C=O) groups is 1. The van der Waals surface area contributed by atoms with Crippen LogP contribution >= 0.6 is 0 Å². The first-order chi connectivity index (χ1) is 6.00. The van der Waals surface area contributed by atoms with E-state index >= 15 is 0 Å². The fourth-order valence-electron chi connectivity index (χ4n) is 0.862. The van der Waals surface area contributed by atoms with Crippen molar-refractivity contribution in [2.24, 2.45) is 7.05 Å². The molecule has 0 spiro atoms. The highest BCUT2D eigenvalue weighted by molar-refractivity contribution is 5.91. The van der Waals surface area contributed by atoms with E-state index in [9.17, 15) is 9.59 Å². The molecule has 1 heterocycles. The Kier molecular flexibility index (Phi) is 2.55. The molecule has 72 valence electrons. The summed E-state index contributed by atoms with van der Waals surface area (Å²) in [6.07, 6.45) is 0. The van der Waals surface area contributed by atoms with Gasteiger partial charge in [0, 0.05) is 13.1 Å². The molecule has 0 saturated heterocycles. The number of aryl methyl sites for hydroxylation is 1. The van der Waals surface area contributed by atoms with Crippen molar-refractivity contribution < 1.29 is 9.32 Å². The molecule has 1 aromatic heterocycles. The van der Waals surface area contributed by atoms with Gasteiger partial charge in [-0.1, -0.05) is 0 Å². The molecule has 0 aliphatic carbocycles. The minimum atomic E-state index is -0.368. The molecule has 1 amide bonds. The van der Waals surface area contributed by atoms with Gasteiger partial charge in [-0.25, -0.2) is 0 Å². The maximum atomic E-state index is 11.3. The Morgan fingerprint density at radius 1 is 1.62 bits per heavy atom. The van der Waals surface area contributed by atoms with Crippen LogP contribution in [0.15, 0.2) is 15.4 Å². The SMILES string of the molecule is CC(C)NC(=O)c1cc(=O)n(C)o1. The minimum Gasteiger partial charge on any atom is -0.371 e. The molecule has 1 N–H and O–H groups in total. The van der Waals surface area contributed by atoms with E-state index in [1.807, 2.05) is 13.8 Å². The number of nitrogens with zero attached hydrogens (tertiary/aromatic N) is 1. The molecular formula is C8H12N2O3. The van der Waals surface area contributed by atoms with Gasteiger partial charge in [0.1, 0.15) is 0 Å². The Labute approximate surface area is 75.3 Å². The maximum Gasteiger partial charge on any atom is 0.290 e. The normalized spacial score (nSPS) is 10.5. The lowest BCUT2D eigenvalue weighted by atomic mass is 10.3. The zero-order valence-electron chi connectivity index (χ0n) is 7.83. The molecule has 0 radical (unpaired) electrons. The summed E-state index contributed by atoms with van der Waals surface area (Å²) in [5.41, 5.74) is -0.325. The van der Waals surface area contributed by atoms with Crippen LogP contribution < -0.4 is 10.9 Å². The van der Waals surface area contributed by atoms with Gasteiger partial charge in [0.2, 0.25) is 5.76 Å². The summed E-state index contributed by atoms with van der Waals surface area (Å²) in [6.45, 7) is 3.66. The Hall–Kier alpha value is -1.52. The first-order valence-corrected chi connectivity index (χ1v) is 3.99. The van der Waals surface area contributed by atoms with E-state index in [0.29, 0.717) is 0 Å². The predicted octanol–water partition coefficient (Wildman–Crippen LogP) is 0.116. The maximum absolute atomic E-state index is 11.3. The summed E-state index contributed by atoms with van der Waals surface area (Å²) in [7, 11) is 1.45. The first kappa shape index (κ1) is 9.57. The number of carbonyl (C=O) groups excluding carboxylic acids is 1. The summed E-state index contributed by atoms with van der Waals surface area (Å²) in [4.78, 5) is 22.2. The quantitative estimate of drug-likeness (QED) is 0.709. The Morgan fingerprint density at radius 3 is 2.62 bits per heavy atom. The van der Waals surface area contributed by atoms with Crippen LogP contribution in [0.4, 0.5) is 0 Å². The molecule has 1 rings (SSSR count). The molecule has 0 unspecified atom stereocenters. The first-order valence-electron chi connectivity index (χ1n) is 3.99. The smallest absolute Gasteiger partial charge is 0.290 e. The summed E-state index contributed by atoms with van der Waals surface area (Å²) < 4.78 is 5.88. The van der Waals surface area contributed by atoms with Gasteiger partial charge in [0.05, 0.1) is 6.07 Å². The summed E-state index contributed by atoms with van der Waals surface area (Å²) in [6, 6.07) is 1.19. The highest BCUT2D eigenvalue weighted by Crippen LogP contribution is 1.95. The highest BCUT2D eigenvalue weighted by Gasteiger charge is 2.12. The van der Waals surface area contributed by atoms with Crippen molar-refractivity contribution in [2.45, 2.75) is 19.9 Å². The van der Waals surface area contributed by atoms with E-state index in [4.69, 9.17) is 4.52 Å². The van der Waals surface area contributed by atoms with Crippen molar-refractivity contribution in [3.05, 3.63) is 22.2 Å². The molecule has 5 heteroatoms. The number of hydrogen-bond donors (Lipinski definition) is 1. The lowest BCUT2D eigenvalue weighted by Gasteiger charge is -2.04. The second-order valence-corrected chi connectivity index (χ2v) is 3.06. The fourth-order valence-corrected chi connectivity index (χ4v) is 0.862. The van der Waals surface area contributed by atoms with E-state index < -0.39 is 0 Å². The van der Waals surface area contributed by atoms with Crippen molar-refractivity contribution in [3.63, 3.8) is 0 Å². The molecule has 0 aliphatic heterocycles. The zero-order valence-corrected chi connectivity index (χ0v) is 7.83. The van der Waals surface area contributed by atoms with Crippen molar-refractivity contribution in [1.82, 2.24) is 10.1 Å². The number of amides is 1. The summed E-state index contributed by atoms with van der Waals surface area (Å²) in [5, 5.41) is 2.61. The van der Waals surface area contributed by atoms with Gasteiger partial charge in [-0.2, -0.15) is 4.74 Å². The predicted molar refractivity (Wildman–Crippen MR) is 46.6 cm³/mol. The van der Waals surface area contributed by atoms with Gasteiger partial charge in [-0.3, -0.25) is 9.59 Å². The standard InChI is InChI=1S/C8H12N2O3/c1-5(2)9-8(12)6-4-7(11)10(3)13-6/h4-5H,1-3H3,(H,9,12). The molecule has 0 saturated carbocycles. The zero-order chi connectivity index (χ0) is 10.0. The van der Waals surface area contributed by atoms with E-state index in [-0.39, 0.29) is 23.3 Å². The van der Waals surface area contributed by atoms with E-state index in [2.05, 4.69) is 5.32 Å². The highest BCUT2D eigenvalue weighted by atomic mass is 16.5. The van der Waals surface area contributed by atoms with Crippen molar-refractivity contribution in [3.8, 4) is 0 Å². The molecule has 13 heavy (non-hydrogen) atoms. The lowest BCUT2D eigenvalue weighted by Crippen LogP contribution is -2.29. The molecule has 0 aliphatic rings. The van der Waals surface area contributed by atoms with E-state index in [1.165, 1.54) is 7.05 Å². The van der Waals surface area contributed by atoms with Crippen LogP contribution in [0, 0.1) is 0 Å². The Bertz CT molecular complexity index is 362. The number of nitrogens with one attached hydrogen (secondary N) is 1.